The van der Waals surface area contributed by atoms with Gasteiger partial charge in [-0.25, -0.2) is 4.79 Å². The number of aromatic nitrogens is 2. The fourth-order valence-electron chi connectivity index (χ4n) is 2.69. The number of hydrogen-bond donors (Lipinski definition) is 2. The molecule has 138 valence electrons. The summed E-state index contributed by atoms with van der Waals surface area (Å²) in [5, 5.41) is 14.2. The first-order chi connectivity index (χ1) is 12.2. The predicted molar refractivity (Wildman–Crippen MR) is 101 cm³/mol. The molecule has 0 spiro atoms. The first kappa shape index (κ1) is 19.4. The Balaban J connectivity index is 1.89. The van der Waals surface area contributed by atoms with Crippen molar-refractivity contribution in [2.75, 3.05) is 38.7 Å². The SMILES string of the molecule is CCN(CC)C(CNC(=O)Nc1cnn(CCOC)c1)c1ccsc1. The van der Waals surface area contributed by atoms with Crippen molar-refractivity contribution in [3.63, 3.8) is 0 Å². The fourth-order valence-corrected chi connectivity index (χ4v) is 3.39. The Morgan fingerprint density at radius 3 is 2.88 bits per heavy atom. The highest BCUT2D eigenvalue weighted by molar-refractivity contribution is 7.07. The van der Waals surface area contributed by atoms with Crippen LogP contribution in [0, 0.1) is 0 Å². The summed E-state index contributed by atoms with van der Waals surface area (Å²) in [4.78, 5) is 14.5. The summed E-state index contributed by atoms with van der Waals surface area (Å²) in [6, 6.07) is 2.07. The van der Waals surface area contributed by atoms with E-state index in [2.05, 4.69) is 51.3 Å². The molecule has 2 heterocycles. The Morgan fingerprint density at radius 2 is 2.24 bits per heavy atom. The predicted octanol–water partition coefficient (Wildman–Crippen LogP) is 2.80. The first-order valence-corrected chi connectivity index (χ1v) is 9.44. The lowest BCUT2D eigenvalue weighted by molar-refractivity contribution is 0.183. The molecule has 1 unspecified atom stereocenters. The number of likely N-dealkylation sites (N-methyl/N-ethyl adjacent to an activating group) is 1. The largest absolute Gasteiger partial charge is 0.383 e. The van der Waals surface area contributed by atoms with Gasteiger partial charge in [-0.1, -0.05) is 13.8 Å². The van der Waals surface area contributed by atoms with Gasteiger partial charge in [-0.15, -0.1) is 0 Å². The van der Waals surface area contributed by atoms with Crippen LogP contribution in [0.1, 0.15) is 25.5 Å². The van der Waals surface area contributed by atoms with E-state index in [1.54, 1.807) is 35.5 Å². The molecule has 8 heteroatoms. The summed E-state index contributed by atoms with van der Waals surface area (Å²) < 4.78 is 6.75. The zero-order chi connectivity index (χ0) is 18.1. The molecule has 0 saturated heterocycles. The van der Waals surface area contributed by atoms with Crippen LogP contribution in [0.5, 0.6) is 0 Å². The van der Waals surface area contributed by atoms with Crippen LogP contribution >= 0.6 is 11.3 Å². The number of carbonyl (C=O) groups excluding carboxylic acids is 1. The third-order valence-electron chi connectivity index (χ3n) is 4.05. The second kappa shape index (κ2) is 10.2. The average molecular weight is 366 g/mol. The molecule has 2 amide bonds. The van der Waals surface area contributed by atoms with Crippen molar-refractivity contribution in [1.29, 1.82) is 0 Å². The summed E-state index contributed by atoms with van der Waals surface area (Å²) in [7, 11) is 1.65. The number of hydrogen-bond acceptors (Lipinski definition) is 5. The molecule has 1 atom stereocenters. The van der Waals surface area contributed by atoms with E-state index in [4.69, 9.17) is 4.74 Å². The lowest BCUT2D eigenvalue weighted by Gasteiger charge is -2.29. The number of rotatable bonds is 10. The van der Waals surface area contributed by atoms with Gasteiger partial charge >= 0.3 is 6.03 Å². The van der Waals surface area contributed by atoms with Crippen LogP contribution < -0.4 is 10.6 Å². The number of ether oxygens (including phenoxy) is 1. The molecule has 0 radical (unpaired) electrons. The summed E-state index contributed by atoms with van der Waals surface area (Å²) in [5.41, 5.74) is 1.91. The van der Waals surface area contributed by atoms with E-state index in [0.29, 0.717) is 25.4 Å². The summed E-state index contributed by atoms with van der Waals surface area (Å²) >= 11 is 1.68. The lowest BCUT2D eigenvalue weighted by atomic mass is 10.1. The molecular weight excluding hydrogens is 338 g/mol. The maximum atomic E-state index is 12.2. The van der Waals surface area contributed by atoms with Crippen LogP contribution in [0.4, 0.5) is 10.5 Å². The van der Waals surface area contributed by atoms with E-state index in [1.165, 1.54) is 5.56 Å². The minimum Gasteiger partial charge on any atom is -0.383 e. The second-order valence-electron chi connectivity index (χ2n) is 5.61. The van der Waals surface area contributed by atoms with E-state index >= 15 is 0 Å². The monoisotopic (exact) mass is 365 g/mol. The van der Waals surface area contributed by atoms with Crippen LogP contribution in [-0.4, -0.2) is 54.1 Å². The number of amides is 2. The molecular formula is C17H27N5O2S. The number of urea groups is 1. The molecule has 0 aromatic carbocycles. The molecule has 2 rings (SSSR count). The molecule has 25 heavy (non-hydrogen) atoms. The van der Waals surface area contributed by atoms with Crippen LogP contribution in [0.3, 0.4) is 0 Å². The van der Waals surface area contributed by atoms with Crippen molar-refractivity contribution >= 4 is 23.1 Å². The molecule has 2 N–H and O–H groups in total. The Morgan fingerprint density at radius 1 is 1.44 bits per heavy atom. The van der Waals surface area contributed by atoms with Crippen molar-refractivity contribution in [2.45, 2.75) is 26.4 Å². The maximum absolute atomic E-state index is 12.2. The third-order valence-corrected chi connectivity index (χ3v) is 4.75. The van der Waals surface area contributed by atoms with E-state index in [-0.39, 0.29) is 12.1 Å². The third kappa shape index (κ3) is 5.84. The number of anilines is 1. The van der Waals surface area contributed by atoms with Gasteiger partial charge in [0.1, 0.15) is 0 Å². The van der Waals surface area contributed by atoms with Crippen LogP contribution in [0.15, 0.2) is 29.2 Å². The fraction of sp³-hybridized carbons (Fsp3) is 0.529. The molecule has 2 aromatic heterocycles. The van der Waals surface area contributed by atoms with Gasteiger partial charge in [0.15, 0.2) is 0 Å². The van der Waals surface area contributed by atoms with Crippen molar-refractivity contribution in [3.05, 3.63) is 34.8 Å². The number of thiophene rings is 1. The van der Waals surface area contributed by atoms with Crippen molar-refractivity contribution in [3.8, 4) is 0 Å². The molecule has 0 saturated carbocycles. The molecule has 0 fully saturated rings. The Bertz CT molecular complexity index is 625. The number of methoxy groups -OCH3 is 1. The number of nitrogens with one attached hydrogen (secondary N) is 2. The highest BCUT2D eigenvalue weighted by atomic mass is 32.1. The van der Waals surface area contributed by atoms with Gasteiger partial charge in [0.2, 0.25) is 0 Å². The van der Waals surface area contributed by atoms with Crippen LogP contribution in [-0.2, 0) is 11.3 Å². The van der Waals surface area contributed by atoms with Gasteiger partial charge in [-0.2, -0.15) is 16.4 Å². The zero-order valence-electron chi connectivity index (χ0n) is 15.1. The van der Waals surface area contributed by atoms with Crippen LogP contribution in [0.2, 0.25) is 0 Å². The van der Waals surface area contributed by atoms with E-state index in [9.17, 15) is 4.79 Å². The number of carbonyl (C=O) groups is 1. The van der Waals surface area contributed by atoms with Gasteiger partial charge in [0.05, 0.1) is 31.1 Å². The summed E-state index contributed by atoms with van der Waals surface area (Å²) in [6.45, 7) is 7.94. The van der Waals surface area contributed by atoms with Gasteiger partial charge < -0.3 is 15.4 Å². The Labute approximate surface area is 153 Å². The van der Waals surface area contributed by atoms with Gasteiger partial charge in [-0.3, -0.25) is 9.58 Å². The highest BCUT2D eigenvalue weighted by Crippen LogP contribution is 2.22. The smallest absolute Gasteiger partial charge is 0.319 e. The second-order valence-corrected chi connectivity index (χ2v) is 6.39. The molecule has 2 aromatic rings. The topological polar surface area (TPSA) is 71.4 Å². The van der Waals surface area contributed by atoms with Gasteiger partial charge in [-0.05, 0) is 35.5 Å². The summed E-state index contributed by atoms with van der Waals surface area (Å²) in [6.07, 6.45) is 3.43. The minimum atomic E-state index is -0.223. The van der Waals surface area contributed by atoms with Crippen molar-refractivity contribution < 1.29 is 9.53 Å². The Kier molecular flexibility index (Phi) is 7.90. The van der Waals surface area contributed by atoms with Gasteiger partial charge in [0.25, 0.3) is 0 Å². The maximum Gasteiger partial charge on any atom is 0.319 e. The standard InChI is InChI=1S/C17H27N5O2S/c1-4-21(5-2)16(14-6-9-25-13-14)11-18-17(23)20-15-10-19-22(12-15)7-8-24-3/h6,9-10,12-13,16H,4-5,7-8,11H2,1-3H3,(H2,18,20,23). The molecule has 0 aliphatic rings. The minimum absolute atomic E-state index is 0.177. The zero-order valence-corrected chi connectivity index (χ0v) is 15.9. The quantitative estimate of drug-likeness (QED) is 0.679. The average Bonchev–Trinajstić information content (AvgIpc) is 3.28. The Hall–Kier alpha value is -1.90. The first-order valence-electron chi connectivity index (χ1n) is 8.50. The van der Waals surface area contributed by atoms with Crippen molar-refractivity contribution in [1.82, 2.24) is 20.0 Å². The number of nitrogens with zero attached hydrogens (tertiary/aromatic N) is 3. The highest BCUT2D eigenvalue weighted by Gasteiger charge is 2.19. The van der Waals surface area contributed by atoms with Crippen LogP contribution in [0.25, 0.3) is 0 Å². The molecule has 7 nitrogen and oxygen atoms in total. The lowest BCUT2D eigenvalue weighted by Crippen LogP contribution is -2.39. The molecule has 0 bridgehead atoms. The normalized spacial score (nSPS) is 12.3. The molecule has 0 aliphatic carbocycles. The van der Waals surface area contributed by atoms with Crippen molar-refractivity contribution in [2.24, 2.45) is 0 Å². The van der Waals surface area contributed by atoms with E-state index < -0.39 is 0 Å². The van der Waals surface area contributed by atoms with E-state index in [0.717, 1.165) is 13.1 Å². The van der Waals surface area contributed by atoms with Gasteiger partial charge in [0, 0.05) is 19.9 Å². The molecule has 0 aliphatic heterocycles. The summed E-state index contributed by atoms with van der Waals surface area (Å²) in [5.74, 6) is 0. The van der Waals surface area contributed by atoms with E-state index in [1.807, 2.05) is 0 Å².